The van der Waals surface area contributed by atoms with Crippen molar-refractivity contribution in [3.63, 3.8) is 0 Å². The number of carbonyl (C=O) groups excluding carboxylic acids is 2. The Kier molecular flexibility index (Phi) is 7.48. The third kappa shape index (κ3) is 5.39. The van der Waals surface area contributed by atoms with Crippen LogP contribution in [0.4, 0.5) is 4.39 Å². The maximum atomic E-state index is 13.2. The van der Waals surface area contributed by atoms with Gasteiger partial charge >= 0.3 is 0 Å². The lowest BCUT2D eigenvalue weighted by Crippen LogP contribution is -2.48. The van der Waals surface area contributed by atoms with Gasteiger partial charge in [-0.05, 0) is 53.6 Å². The molecular formula is C23H29FN2O3S. The van der Waals surface area contributed by atoms with Crippen molar-refractivity contribution in [3.8, 4) is 5.75 Å². The van der Waals surface area contributed by atoms with Gasteiger partial charge in [0, 0.05) is 24.9 Å². The lowest BCUT2D eigenvalue weighted by Gasteiger charge is -2.37. The molecule has 1 aliphatic rings. The van der Waals surface area contributed by atoms with Gasteiger partial charge in [-0.25, -0.2) is 4.39 Å². The molecular weight excluding hydrogens is 403 g/mol. The molecule has 0 fully saturated rings. The van der Waals surface area contributed by atoms with Crippen molar-refractivity contribution in [2.75, 3.05) is 26.2 Å². The lowest BCUT2D eigenvalue weighted by molar-refractivity contribution is -0.142. The van der Waals surface area contributed by atoms with Gasteiger partial charge in [-0.15, -0.1) is 11.3 Å². The molecule has 162 valence electrons. The van der Waals surface area contributed by atoms with Crippen molar-refractivity contribution in [2.45, 2.75) is 39.7 Å². The highest BCUT2D eigenvalue weighted by Gasteiger charge is 2.33. The molecule has 0 saturated heterocycles. The summed E-state index contributed by atoms with van der Waals surface area (Å²) in [6.07, 6.45) is 1.76. The van der Waals surface area contributed by atoms with E-state index < -0.39 is 0 Å². The predicted octanol–water partition coefficient (Wildman–Crippen LogP) is 4.29. The minimum Gasteiger partial charge on any atom is -0.491 e. The third-order valence-corrected chi connectivity index (χ3v) is 6.63. The SMILES string of the molecule is CC[C@H](C)CN(CC(=O)N1CCc2sccc2[C@H]1COc1ccc(F)cc1)C(C)=O. The summed E-state index contributed by atoms with van der Waals surface area (Å²) in [4.78, 5) is 30.0. The van der Waals surface area contributed by atoms with E-state index in [4.69, 9.17) is 4.74 Å². The van der Waals surface area contributed by atoms with E-state index in [1.165, 1.54) is 23.9 Å². The topological polar surface area (TPSA) is 49.9 Å². The summed E-state index contributed by atoms with van der Waals surface area (Å²) in [5, 5.41) is 2.04. The Morgan fingerprint density at radius 3 is 2.70 bits per heavy atom. The fourth-order valence-corrected chi connectivity index (χ4v) is 4.57. The van der Waals surface area contributed by atoms with Crippen LogP contribution in [0.1, 0.15) is 43.7 Å². The van der Waals surface area contributed by atoms with Crippen molar-refractivity contribution in [1.29, 1.82) is 0 Å². The first kappa shape index (κ1) is 22.3. The van der Waals surface area contributed by atoms with Crippen molar-refractivity contribution >= 4 is 23.2 Å². The number of amides is 2. The standard InChI is InChI=1S/C23H29FN2O3S/c1-4-16(2)13-25(17(3)27)14-23(28)26-11-9-22-20(10-12-30-22)21(26)15-29-19-7-5-18(24)6-8-19/h5-8,10,12,16,21H,4,9,11,13-15H2,1-3H3/t16-,21+/m0/s1. The predicted molar refractivity (Wildman–Crippen MR) is 116 cm³/mol. The molecule has 0 saturated carbocycles. The first-order valence-corrected chi connectivity index (χ1v) is 11.3. The zero-order valence-corrected chi connectivity index (χ0v) is 18.6. The maximum Gasteiger partial charge on any atom is 0.242 e. The minimum absolute atomic E-state index is 0.0712. The molecule has 3 rings (SSSR count). The number of ether oxygens (including phenoxy) is 1. The van der Waals surface area contributed by atoms with Gasteiger partial charge in [-0.1, -0.05) is 20.3 Å². The second kappa shape index (κ2) is 10.1. The highest BCUT2D eigenvalue weighted by molar-refractivity contribution is 7.10. The van der Waals surface area contributed by atoms with E-state index in [1.807, 2.05) is 16.3 Å². The van der Waals surface area contributed by atoms with Gasteiger partial charge in [0.25, 0.3) is 0 Å². The number of fused-ring (bicyclic) bond motifs is 1. The van der Waals surface area contributed by atoms with E-state index in [-0.39, 0.29) is 36.8 Å². The molecule has 2 aromatic rings. The van der Waals surface area contributed by atoms with Gasteiger partial charge in [-0.3, -0.25) is 9.59 Å². The zero-order valence-electron chi connectivity index (χ0n) is 17.8. The van der Waals surface area contributed by atoms with E-state index >= 15 is 0 Å². The minimum atomic E-state index is -0.317. The summed E-state index contributed by atoms with van der Waals surface area (Å²) >= 11 is 1.69. The number of hydrogen-bond acceptors (Lipinski definition) is 4. The quantitative estimate of drug-likeness (QED) is 0.625. The van der Waals surface area contributed by atoms with Gasteiger partial charge < -0.3 is 14.5 Å². The molecule has 5 nitrogen and oxygen atoms in total. The first-order valence-electron chi connectivity index (χ1n) is 10.4. The number of hydrogen-bond donors (Lipinski definition) is 0. The Morgan fingerprint density at radius 1 is 1.30 bits per heavy atom. The number of thiophene rings is 1. The van der Waals surface area contributed by atoms with Crippen LogP contribution in [0.3, 0.4) is 0 Å². The summed E-state index contributed by atoms with van der Waals surface area (Å²) in [5.74, 6) is 0.425. The Labute approximate surface area is 181 Å². The van der Waals surface area contributed by atoms with Crippen LogP contribution in [0.25, 0.3) is 0 Å². The van der Waals surface area contributed by atoms with Crippen molar-refractivity contribution in [3.05, 3.63) is 52.0 Å². The van der Waals surface area contributed by atoms with E-state index in [0.29, 0.717) is 24.8 Å². The molecule has 7 heteroatoms. The van der Waals surface area contributed by atoms with Crippen molar-refractivity contribution in [2.24, 2.45) is 5.92 Å². The van der Waals surface area contributed by atoms with Gasteiger partial charge in [0.1, 0.15) is 18.2 Å². The van der Waals surface area contributed by atoms with E-state index in [9.17, 15) is 14.0 Å². The highest BCUT2D eigenvalue weighted by atomic mass is 32.1. The number of rotatable bonds is 8. The van der Waals surface area contributed by atoms with Crippen LogP contribution in [-0.4, -0.2) is 47.9 Å². The van der Waals surface area contributed by atoms with E-state index in [1.54, 1.807) is 28.4 Å². The number of benzene rings is 1. The summed E-state index contributed by atoms with van der Waals surface area (Å²) in [6.45, 7) is 7.20. The molecule has 0 aliphatic carbocycles. The summed E-state index contributed by atoms with van der Waals surface area (Å²) < 4.78 is 19.1. The van der Waals surface area contributed by atoms with Crippen LogP contribution in [-0.2, 0) is 16.0 Å². The zero-order chi connectivity index (χ0) is 21.7. The summed E-state index contributed by atoms with van der Waals surface area (Å²) in [5.41, 5.74) is 1.10. The molecule has 0 bridgehead atoms. The van der Waals surface area contributed by atoms with Gasteiger partial charge in [0.2, 0.25) is 11.8 Å². The maximum absolute atomic E-state index is 13.2. The number of halogens is 1. The molecule has 0 radical (unpaired) electrons. The molecule has 2 heterocycles. The smallest absolute Gasteiger partial charge is 0.242 e. The van der Waals surface area contributed by atoms with Crippen LogP contribution in [0.5, 0.6) is 5.75 Å². The molecule has 30 heavy (non-hydrogen) atoms. The van der Waals surface area contributed by atoms with Crippen molar-refractivity contribution in [1.82, 2.24) is 9.80 Å². The van der Waals surface area contributed by atoms with E-state index in [0.717, 1.165) is 18.4 Å². The molecule has 0 N–H and O–H groups in total. The molecule has 1 aliphatic heterocycles. The largest absolute Gasteiger partial charge is 0.491 e. The monoisotopic (exact) mass is 432 g/mol. The van der Waals surface area contributed by atoms with E-state index in [2.05, 4.69) is 13.8 Å². The fraction of sp³-hybridized carbons (Fsp3) is 0.478. The Balaban J connectivity index is 1.74. The van der Waals surface area contributed by atoms with Gasteiger partial charge in [0.05, 0.1) is 12.6 Å². The van der Waals surface area contributed by atoms with Gasteiger partial charge in [0.15, 0.2) is 0 Å². The highest BCUT2D eigenvalue weighted by Crippen LogP contribution is 2.34. The normalized spacial score (nSPS) is 16.7. The second-order valence-electron chi connectivity index (χ2n) is 7.83. The Morgan fingerprint density at radius 2 is 2.03 bits per heavy atom. The Bertz CT molecular complexity index is 868. The van der Waals surface area contributed by atoms with Crippen LogP contribution in [0.15, 0.2) is 35.7 Å². The first-order chi connectivity index (χ1) is 14.4. The van der Waals surface area contributed by atoms with Crippen LogP contribution >= 0.6 is 11.3 Å². The average molecular weight is 433 g/mol. The average Bonchev–Trinajstić information content (AvgIpc) is 3.21. The molecule has 2 amide bonds. The number of nitrogens with zero attached hydrogens (tertiary/aromatic N) is 2. The van der Waals surface area contributed by atoms with Gasteiger partial charge in [-0.2, -0.15) is 0 Å². The fourth-order valence-electron chi connectivity index (χ4n) is 3.64. The van der Waals surface area contributed by atoms with Crippen LogP contribution in [0, 0.1) is 11.7 Å². The lowest BCUT2D eigenvalue weighted by atomic mass is 10.00. The summed E-state index contributed by atoms with van der Waals surface area (Å²) in [7, 11) is 0. The third-order valence-electron chi connectivity index (χ3n) is 5.64. The number of carbonyl (C=O) groups is 2. The summed E-state index contributed by atoms with van der Waals surface area (Å²) in [6, 6.07) is 7.70. The molecule has 1 aromatic carbocycles. The van der Waals surface area contributed by atoms with Crippen LogP contribution in [0.2, 0.25) is 0 Å². The Hall–Kier alpha value is -2.41. The molecule has 0 spiro atoms. The van der Waals surface area contributed by atoms with Crippen LogP contribution < -0.4 is 4.74 Å². The second-order valence-corrected chi connectivity index (χ2v) is 8.83. The molecule has 0 unspecified atom stereocenters. The molecule has 2 atom stereocenters. The molecule has 1 aromatic heterocycles. The van der Waals surface area contributed by atoms with Crippen molar-refractivity contribution < 1.29 is 18.7 Å².